The van der Waals surface area contributed by atoms with Crippen molar-refractivity contribution in [2.45, 2.75) is 6.92 Å². The molecule has 8 heteroatoms. The van der Waals surface area contributed by atoms with E-state index in [-0.39, 0.29) is 5.91 Å². The van der Waals surface area contributed by atoms with Crippen molar-refractivity contribution >= 4 is 34.4 Å². The summed E-state index contributed by atoms with van der Waals surface area (Å²) in [7, 11) is 0. The predicted octanol–water partition coefficient (Wildman–Crippen LogP) is 6.10. The minimum atomic E-state index is 0.0192. The molecule has 0 aliphatic carbocycles. The van der Waals surface area contributed by atoms with Crippen LogP contribution in [-0.4, -0.2) is 58.1 Å². The summed E-state index contributed by atoms with van der Waals surface area (Å²) in [6, 6.07) is 25.4. The van der Waals surface area contributed by atoms with Gasteiger partial charge in [-0.1, -0.05) is 41.9 Å². The van der Waals surface area contributed by atoms with Crippen LogP contribution in [0.3, 0.4) is 0 Å². The molecule has 0 saturated carbocycles. The number of halogens is 1. The average Bonchev–Trinajstić information content (AvgIpc) is 3.38. The van der Waals surface area contributed by atoms with E-state index < -0.39 is 0 Å². The lowest BCUT2D eigenvalue weighted by Gasteiger charge is -2.35. The van der Waals surface area contributed by atoms with Gasteiger partial charge in [0.2, 0.25) is 0 Å². The van der Waals surface area contributed by atoms with Gasteiger partial charge in [-0.25, -0.2) is 9.97 Å². The van der Waals surface area contributed by atoms with Gasteiger partial charge in [0, 0.05) is 54.2 Å². The minimum Gasteiger partial charge on any atom is -0.494 e. The number of carbonyl (C=O) groups is 1. The first kappa shape index (κ1) is 24.9. The molecule has 7 nitrogen and oxygen atoms in total. The zero-order valence-corrected chi connectivity index (χ0v) is 22.4. The summed E-state index contributed by atoms with van der Waals surface area (Å²) in [5.41, 5.74) is 4.64. The van der Waals surface area contributed by atoms with Crippen LogP contribution in [-0.2, 0) is 0 Å². The van der Waals surface area contributed by atoms with Gasteiger partial charge in [-0.15, -0.1) is 0 Å². The van der Waals surface area contributed by atoms with Crippen LogP contribution in [0.25, 0.3) is 27.8 Å². The zero-order chi connectivity index (χ0) is 26.8. The highest BCUT2D eigenvalue weighted by atomic mass is 35.5. The van der Waals surface area contributed by atoms with Crippen LogP contribution in [0.2, 0.25) is 5.02 Å². The molecular weight excluding hydrogens is 510 g/mol. The number of nitrogens with zero attached hydrogens (tertiary/aromatic N) is 5. The van der Waals surface area contributed by atoms with Gasteiger partial charge < -0.3 is 19.1 Å². The number of aromatic nitrogens is 3. The van der Waals surface area contributed by atoms with Crippen molar-refractivity contribution in [1.82, 2.24) is 19.4 Å². The van der Waals surface area contributed by atoms with Crippen LogP contribution < -0.4 is 9.64 Å². The van der Waals surface area contributed by atoms with Crippen molar-refractivity contribution in [2.24, 2.45) is 0 Å². The maximum absolute atomic E-state index is 13.1. The Hall–Kier alpha value is -4.36. The molecule has 196 valence electrons. The molecule has 0 unspecified atom stereocenters. The van der Waals surface area contributed by atoms with Crippen LogP contribution in [0.5, 0.6) is 5.75 Å². The molecular formula is C31H28ClN5O2. The van der Waals surface area contributed by atoms with Gasteiger partial charge in [-0.3, -0.25) is 4.79 Å². The number of rotatable bonds is 6. The van der Waals surface area contributed by atoms with E-state index >= 15 is 0 Å². The molecule has 1 aliphatic rings. The van der Waals surface area contributed by atoms with Gasteiger partial charge in [0.25, 0.3) is 5.91 Å². The number of amides is 1. The molecule has 2 aromatic heterocycles. The summed E-state index contributed by atoms with van der Waals surface area (Å²) in [6.45, 7) is 5.16. The lowest BCUT2D eigenvalue weighted by atomic mass is 10.1. The first-order chi connectivity index (χ1) is 19.1. The second kappa shape index (κ2) is 10.8. The molecule has 0 atom stereocenters. The zero-order valence-electron chi connectivity index (χ0n) is 21.6. The van der Waals surface area contributed by atoms with Crippen molar-refractivity contribution < 1.29 is 9.53 Å². The summed E-state index contributed by atoms with van der Waals surface area (Å²) in [5, 5.41) is 1.62. The molecule has 0 radical (unpaired) electrons. The number of hydrogen-bond acceptors (Lipinski definition) is 5. The Morgan fingerprint density at radius 2 is 1.62 bits per heavy atom. The highest BCUT2D eigenvalue weighted by Gasteiger charge is 2.26. The van der Waals surface area contributed by atoms with Crippen molar-refractivity contribution in [3.05, 3.63) is 102 Å². The SMILES string of the molecule is CCOc1ccc(-n2cc(-c3ccccc3)c3c(N4CCN(C(=O)c5ccc(Cl)cc5)CC4)ncnc32)cc1. The lowest BCUT2D eigenvalue weighted by molar-refractivity contribution is 0.0746. The Balaban J connectivity index is 1.35. The van der Waals surface area contributed by atoms with Crippen molar-refractivity contribution in [2.75, 3.05) is 37.7 Å². The van der Waals surface area contributed by atoms with Gasteiger partial charge in [0.05, 0.1) is 12.0 Å². The third-order valence-corrected chi connectivity index (χ3v) is 7.28. The Bertz CT molecular complexity index is 1590. The van der Waals surface area contributed by atoms with Crippen LogP contribution in [0.15, 0.2) is 91.4 Å². The molecule has 6 rings (SSSR count). The molecule has 39 heavy (non-hydrogen) atoms. The minimum absolute atomic E-state index is 0.0192. The molecule has 3 heterocycles. The van der Waals surface area contributed by atoms with Gasteiger partial charge >= 0.3 is 0 Å². The van der Waals surface area contributed by atoms with Gasteiger partial charge in [-0.2, -0.15) is 0 Å². The largest absolute Gasteiger partial charge is 0.494 e. The summed E-state index contributed by atoms with van der Waals surface area (Å²) in [4.78, 5) is 26.7. The molecule has 1 fully saturated rings. The Labute approximate surface area is 232 Å². The molecule has 1 amide bonds. The van der Waals surface area contributed by atoms with E-state index in [0.29, 0.717) is 43.4 Å². The van der Waals surface area contributed by atoms with E-state index in [9.17, 15) is 4.79 Å². The van der Waals surface area contributed by atoms with E-state index in [0.717, 1.165) is 39.4 Å². The molecule has 0 N–H and O–H groups in total. The average molecular weight is 538 g/mol. The summed E-state index contributed by atoms with van der Waals surface area (Å²) < 4.78 is 7.75. The number of benzene rings is 3. The number of fused-ring (bicyclic) bond motifs is 1. The maximum atomic E-state index is 13.1. The first-order valence-corrected chi connectivity index (χ1v) is 13.4. The fourth-order valence-electron chi connectivity index (χ4n) is 5.08. The summed E-state index contributed by atoms with van der Waals surface area (Å²) >= 11 is 6.00. The second-order valence-corrected chi connectivity index (χ2v) is 9.82. The quantitative estimate of drug-likeness (QED) is 0.262. The van der Waals surface area contributed by atoms with Crippen molar-refractivity contribution in [3.8, 4) is 22.6 Å². The molecule has 1 aliphatic heterocycles. The predicted molar refractivity (Wildman–Crippen MR) is 155 cm³/mol. The third kappa shape index (κ3) is 4.93. The highest BCUT2D eigenvalue weighted by Crippen LogP contribution is 2.37. The molecule has 5 aromatic rings. The molecule has 1 saturated heterocycles. The maximum Gasteiger partial charge on any atom is 0.253 e. The fourth-order valence-corrected chi connectivity index (χ4v) is 5.21. The first-order valence-electron chi connectivity index (χ1n) is 13.1. The highest BCUT2D eigenvalue weighted by molar-refractivity contribution is 6.30. The van der Waals surface area contributed by atoms with E-state index in [2.05, 4.69) is 27.8 Å². The van der Waals surface area contributed by atoms with E-state index in [1.54, 1.807) is 30.6 Å². The lowest BCUT2D eigenvalue weighted by Crippen LogP contribution is -2.49. The summed E-state index contributed by atoms with van der Waals surface area (Å²) in [5.74, 6) is 1.73. The van der Waals surface area contributed by atoms with Crippen LogP contribution in [0, 0.1) is 0 Å². The number of ether oxygens (including phenoxy) is 1. The Morgan fingerprint density at radius 1 is 0.897 bits per heavy atom. The van der Waals surface area contributed by atoms with Crippen molar-refractivity contribution in [3.63, 3.8) is 0 Å². The van der Waals surface area contributed by atoms with Crippen LogP contribution >= 0.6 is 11.6 Å². The molecule has 3 aromatic carbocycles. The number of carbonyl (C=O) groups excluding carboxylic acids is 1. The van der Waals surface area contributed by atoms with Crippen molar-refractivity contribution in [1.29, 1.82) is 0 Å². The smallest absolute Gasteiger partial charge is 0.253 e. The topological polar surface area (TPSA) is 63.5 Å². The van der Waals surface area contributed by atoms with Gasteiger partial charge in [-0.05, 0) is 61.0 Å². The Kier molecular flexibility index (Phi) is 6.90. The van der Waals surface area contributed by atoms with Crippen LogP contribution in [0.1, 0.15) is 17.3 Å². The molecule has 0 bridgehead atoms. The van der Waals surface area contributed by atoms with Crippen LogP contribution in [0.4, 0.5) is 5.82 Å². The van der Waals surface area contributed by atoms with E-state index in [1.807, 2.05) is 54.3 Å². The normalized spacial score (nSPS) is 13.6. The monoisotopic (exact) mass is 537 g/mol. The molecule has 0 spiro atoms. The second-order valence-electron chi connectivity index (χ2n) is 9.39. The standard InChI is InChI=1S/C31H28ClN5O2/c1-2-39-26-14-12-25(13-15-26)37-20-27(22-6-4-3-5-7-22)28-29(33-21-34-30(28)37)35-16-18-36(19-17-35)31(38)23-8-10-24(32)11-9-23/h3-15,20-21H,2,16-19H2,1H3. The van der Waals surface area contributed by atoms with E-state index in [4.69, 9.17) is 26.3 Å². The third-order valence-electron chi connectivity index (χ3n) is 7.03. The Morgan fingerprint density at radius 3 is 2.31 bits per heavy atom. The number of hydrogen-bond donors (Lipinski definition) is 0. The number of piperazine rings is 1. The fraction of sp³-hybridized carbons (Fsp3) is 0.194. The van der Waals surface area contributed by atoms with E-state index in [1.165, 1.54) is 0 Å². The van der Waals surface area contributed by atoms with Gasteiger partial charge in [0.1, 0.15) is 17.9 Å². The number of anilines is 1. The van der Waals surface area contributed by atoms with Gasteiger partial charge in [0.15, 0.2) is 5.65 Å². The summed E-state index contributed by atoms with van der Waals surface area (Å²) in [6.07, 6.45) is 3.76.